The summed E-state index contributed by atoms with van der Waals surface area (Å²) in [6.07, 6.45) is 1.69. The molecule has 4 aromatic rings. The second-order valence-electron chi connectivity index (χ2n) is 4.91. The fourth-order valence-corrected chi connectivity index (χ4v) is 3.37. The molecule has 0 amide bonds. The number of aromatic amines is 1. The third-order valence-electron chi connectivity index (χ3n) is 3.51. The first-order valence-electron chi connectivity index (χ1n) is 6.85. The first-order valence-corrected chi connectivity index (χ1v) is 7.83. The zero-order valence-corrected chi connectivity index (χ0v) is 12.4. The normalized spacial score (nSPS) is 11.3. The van der Waals surface area contributed by atoms with Gasteiger partial charge in [-0.1, -0.05) is 54.2 Å². The summed E-state index contributed by atoms with van der Waals surface area (Å²) in [6, 6.07) is 16.1. The molecule has 22 heavy (non-hydrogen) atoms. The number of fused-ring (bicyclic) bond motifs is 2. The minimum Gasteiger partial charge on any atom is -0.291 e. The fraction of sp³-hybridized carbons (Fsp3) is 0.0625. The average molecular weight is 308 g/mol. The number of rotatable bonds is 3. The highest BCUT2D eigenvalue weighted by atomic mass is 32.2. The maximum atomic E-state index is 11.3. The molecule has 108 valence electrons. The lowest BCUT2D eigenvalue weighted by Gasteiger charge is -2.05. The number of hydrogen-bond acceptors (Lipinski definition) is 4. The van der Waals surface area contributed by atoms with Gasteiger partial charge >= 0.3 is 0 Å². The topological polar surface area (TPSA) is 63.1 Å². The van der Waals surface area contributed by atoms with E-state index in [9.17, 15) is 4.79 Å². The smallest absolute Gasteiger partial charge is 0.252 e. The van der Waals surface area contributed by atoms with E-state index >= 15 is 0 Å². The Bertz CT molecular complexity index is 1020. The van der Waals surface area contributed by atoms with Crippen LogP contribution >= 0.6 is 11.8 Å². The minimum atomic E-state index is -0.175. The molecule has 0 aliphatic rings. The summed E-state index contributed by atoms with van der Waals surface area (Å²) in [4.78, 5) is 13.9. The molecule has 0 unspecified atom stereocenters. The fourth-order valence-electron chi connectivity index (χ4n) is 2.45. The van der Waals surface area contributed by atoms with Gasteiger partial charge in [0.2, 0.25) is 5.78 Å². The summed E-state index contributed by atoms with van der Waals surface area (Å²) in [5.74, 6) is 1.26. The number of H-pyrrole nitrogens is 1. The second kappa shape index (κ2) is 5.31. The molecule has 5 nitrogen and oxygen atoms in total. The summed E-state index contributed by atoms with van der Waals surface area (Å²) in [7, 11) is 0. The van der Waals surface area contributed by atoms with Crippen molar-refractivity contribution in [3.05, 3.63) is 70.6 Å². The zero-order chi connectivity index (χ0) is 14.9. The van der Waals surface area contributed by atoms with Crippen LogP contribution in [0, 0.1) is 0 Å². The SMILES string of the molecule is O=c1ccn2c(SCc3cccc4ccccc34)nnc2[nH]1. The number of nitrogens with one attached hydrogen (secondary N) is 1. The highest BCUT2D eigenvalue weighted by Gasteiger charge is 2.08. The Morgan fingerprint density at radius 2 is 1.91 bits per heavy atom. The highest BCUT2D eigenvalue weighted by Crippen LogP contribution is 2.26. The van der Waals surface area contributed by atoms with Crippen molar-refractivity contribution in [1.82, 2.24) is 19.6 Å². The van der Waals surface area contributed by atoms with E-state index in [1.165, 1.54) is 22.4 Å². The van der Waals surface area contributed by atoms with Crippen molar-refractivity contribution in [2.24, 2.45) is 0 Å². The van der Waals surface area contributed by atoms with Gasteiger partial charge in [-0.05, 0) is 16.3 Å². The predicted octanol–water partition coefficient (Wildman–Crippen LogP) is 2.86. The number of benzene rings is 2. The molecule has 2 heterocycles. The van der Waals surface area contributed by atoms with Gasteiger partial charge < -0.3 is 0 Å². The van der Waals surface area contributed by atoms with Crippen LogP contribution in [0.15, 0.2) is 64.7 Å². The molecule has 2 aromatic heterocycles. The number of hydrogen-bond donors (Lipinski definition) is 1. The molecule has 0 saturated carbocycles. The molecule has 0 aliphatic carbocycles. The highest BCUT2D eigenvalue weighted by molar-refractivity contribution is 7.98. The monoisotopic (exact) mass is 308 g/mol. The quantitative estimate of drug-likeness (QED) is 0.591. The Labute approximate surface area is 130 Å². The van der Waals surface area contributed by atoms with Crippen LogP contribution in [0.4, 0.5) is 0 Å². The van der Waals surface area contributed by atoms with Gasteiger partial charge in [-0.3, -0.25) is 14.2 Å². The van der Waals surface area contributed by atoms with Gasteiger partial charge in [0.25, 0.3) is 5.56 Å². The second-order valence-corrected chi connectivity index (χ2v) is 5.85. The van der Waals surface area contributed by atoms with Gasteiger partial charge in [0, 0.05) is 18.0 Å². The van der Waals surface area contributed by atoms with Gasteiger partial charge in [0.1, 0.15) is 0 Å². The minimum absolute atomic E-state index is 0.175. The van der Waals surface area contributed by atoms with E-state index < -0.39 is 0 Å². The van der Waals surface area contributed by atoms with E-state index in [1.54, 1.807) is 22.4 Å². The molecule has 4 rings (SSSR count). The van der Waals surface area contributed by atoms with Crippen LogP contribution in [0.3, 0.4) is 0 Å². The number of aromatic nitrogens is 4. The molecule has 0 aliphatic heterocycles. The van der Waals surface area contributed by atoms with Gasteiger partial charge in [0.15, 0.2) is 5.16 Å². The molecule has 0 atom stereocenters. The number of nitrogens with zero attached hydrogens (tertiary/aromatic N) is 3. The molecule has 1 N–H and O–H groups in total. The molecule has 0 bridgehead atoms. The Kier molecular flexibility index (Phi) is 3.16. The Hall–Kier alpha value is -2.60. The summed E-state index contributed by atoms with van der Waals surface area (Å²) >= 11 is 1.60. The van der Waals surface area contributed by atoms with E-state index in [0.717, 1.165) is 10.9 Å². The molecule has 0 fully saturated rings. The van der Waals surface area contributed by atoms with Crippen LogP contribution in [0.1, 0.15) is 5.56 Å². The van der Waals surface area contributed by atoms with Gasteiger partial charge in [-0.2, -0.15) is 0 Å². The largest absolute Gasteiger partial charge is 0.291 e. The standard InChI is InChI=1S/C16H12N4OS/c21-14-8-9-20-15(17-14)18-19-16(20)22-10-12-6-3-5-11-4-1-2-7-13(11)12/h1-9H,10H2,(H,17,18,21). The van der Waals surface area contributed by atoms with Crippen molar-refractivity contribution in [2.45, 2.75) is 10.9 Å². The van der Waals surface area contributed by atoms with Crippen LogP contribution in [-0.2, 0) is 5.75 Å². The summed E-state index contributed by atoms with van der Waals surface area (Å²) in [5.41, 5.74) is 1.08. The Morgan fingerprint density at radius 3 is 2.86 bits per heavy atom. The Morgan fingerprint density at radius 1 is 1.05 bits per heavy atom. The summed E-state index contributed by atoms with van der Waals surface area (Å²) in [6.45, 7) is 0. The van der Waals surface area contributed by atoms with Crippen molar-refractivity contribution in [3.63, 3.8) is 0 Å². The summed E-state index contributed by atoms with van der Waals surface area (Å²) < 4.78 is 1.79. The average Bonchev–Trinajstić information content (AvgIpc) is 2.95. The van der Waals surface area contributed by atoms with Crippen LogP contribution in [0.25, 0.3) is 16.6 Å². The van der Waals surface area contributed by atoms with E-state index in [-0.39, 0.29) is 5.56 Å². The molecular formula is C16H12N4OS. The molecule has 6 heteroatoms. The van der Waals surface area contributed by atoms with Crippen LogP contribution < -0.4 is 5.56 Å². The third kappa shape index (κ3) is 2.27. The molecule has 0 spiro atoms. The van der Waals surface area contributed by atoms with E-state index in [1.807, 2.05) is 12.1 Å². The van der Waals surface area contributed by atoms with Crippen LogP contribution in [-0.4, -0.2) is 19.6 Å². The maximum Gasteiger partial charge on any atom is 0.252 e. The van der Waals surface area contributed by atoms with E-state index in [4.69, 9.17) is 0 Å². The van der Waals surface area contributed by atoms with Gasteiger partial charge in [-0.15, -0.1) is 10.2 Å². The van der Waals surface area contributed by atoms with E-state index in [2.05, 4.69) is 45.5 Å². The molecular weight excluding hydrogens is 296 g/mol. The molecule has 2 aromatic carbocycles. The van der Waals surface area contributed by atoms with Crippen molar-refractivity contribution in [1.29, 1.82) is 0 Å². The lowest BCUT2D eigenvalue weighted by atomic mass is 10.1. The third-order valence-corrected chi connectivity index (χ3v) is 4.50. The van der Waals surface area contributed by atoms with Crippen molar-refractivity contribution < 1.29 is 0 Å². The van der Waals surface area contributed by atoms with Crippen molar-refractivity contribution in [3.8, 4) is 0 Å². The predicted molar refractivity (Wildman–Crippen MR) is 87.1 cm³/mol. The lowest BCUT2D eigenvalue weighted by Crippen LogP contribution is -2.05. The van der Waals surface area contributed by atoms with Crippen LogP contribution in [0.2, 0.25) is 0 Å². The van der Waals surface area contributed by atoms with Crippen molar-refractivity contribution >= 4 is 28.3 Å². The zero-order valence-electron chi connectivity index (χ0n) is 11.6. The number of thioether (sulfide) groups is 1. The first-order chi connectivity index (χ1) is 10.8. The molecule has 0 saturated heterocycles. The van der Waals surface area contributed by atoms with Crippen LogP contribution in [0.5, 0.6) is 0 Å². The van der Waals surface area contributed by atoms with Gasteiger partial charge in [0.05, 0.1) is 0 Å². The van der Waals surface area contributed by atoms with Crippen molar-refractivity contribution in [2.75, 3.05) is 0 Å². The maximum absolute atomic E-state index is 11.3. The van der Waals surface area contributed by atoms with Gasteiger partial charge in [-0.25, -0.2) is 0 Å². The first kappa shape index (κ1) is 13.1. The van der Waals surface area contributed by atoms with E-state index in [0.29, 0.717) is 5.78 Å². The molecule has 0 radical (unpaired) electrons. The lowest BCUT2D eigenvalue weighted by molar-refractivity contribution is 0.916. The Balaban J connectivity index is 1.67. The summed E-state index contributed by atoms with van der Waals surface area (Å²) in [5, 5.41) is 11.4.